The number of ether oxygens (including phenoxy) is 3. The highest BCUT2D eigenvalue weighted by Crippen LogP contribution is 2.24. The molecule has 1 aromatic rings. The van der Waals surface area contributed by atoms with Crippen molar-refractivity contribution in [1.29, 1.82) is 0 Å². The fourth-order valence-electron chi connectivity index (χ4n) is 2.50. The van der Waals surface area contributed by atoms with Gasteiger partial charge in [-0.1, -0.05) is 6.07 Å². The van der Waals surface area contributed by atoms with E-state index in [0.717, 1.165) is 17.6 Å². The summed E-state index contributed by atoms with van der Waals surface area (Å²) in [6.07, 6.45) is -1.88. The summed E-state index contributed by atoms with van der Waals surface area (Å²) in [5.74, 6) is -0.719. The number of carbonyl (C=O) groups excluding carboxylic acids is 3. The third kappa shape index (κ3) is 10.2. The highest BCUT2D eigenvalue weighted by atomic mass is 127. The maximum atomic E-state index is 13.2. The van der Waals surface area contributed by atoms with E-state index in [9.17, 15) is 14.4 Å². The van der Waals surface area contributed by atoms with Crippen LogP contribution in [0.1, 0.15) is 67.9 Å². The first-order valence-corrected chi connectivity index (χ1v) is 12.4. The second kappa shape index (κ2) is 10.9. The number of hydrogen-bond acceptors (Lipinski definition) is 6. The molecular weight excluding hydrogens is 640 g/mol. The van der Waals surface area contributed by atoms with Crippen molar-refractivity contribution in [2.75, 3.05) is 0 Å². The second-order valence-electron chi connectivity index (χ2n) is 10.3. The van der Waals surface area contributed by atoms with Gasteiger partial charge in [0, 0.05) is 13.6 Å². The van der Waals surface area contributed by atoms with Crippen LogP contribution in [0.4, 0.5) is 9.59 Å². The van der Waals surface area contributed by atoms with Crippen LogP contribution in [0, 0.1) is 7.14 Å². The van der Waals surface area contributed by atoms with Crippen molar-refractivity contribution in [1.82, 2.24) is 4.90 Å². The first-order valence-electron chi connectivity index (χ1n) is 10.2. The molecule has 0 saturated carbocycles. The summed E-state index contributed by atoms with van der Waals surface area (Å²) < 4.78 is 18.4. The molecule has 0 fully saturated rings. The molecule has 0 heterocycles. The Balaban J connectivity index is 3.53. The molecule has 0 aliphatic carbocycles. The van der Waals surface area contributed by atoms with Crippen LogP contribution in [0.15, 0.2) is 18.2 Å². The monoisotopic (exact) mass is 673 g/mol. The molecule has 0 aliphatic rings. The molecule has 0 bridgehead atoms. The number of rotatable bonds is 4. The molecule has 0 saturated heterocycles. The number of benzene rings is 1. The Kier molecular flexibility index (Phi) is 9.83. The maximum Gasteiger partial charge on any atom is 0.420 e. The number of carbonyl (C=O) groups is 3. The molecule has 0 aromatic heterocycles. The molecule has 0 spiro atoms. The standard InChI is InChI=1S/C23H33I2NO6/c1-21(2,3)30-18(27)17(12-14-10-11-15(24)13-16(14)25)26(19(28)31-22(4,5)6)20(29)32-23(7,8)9/h10-11,13,17H,12H2,1-9H3. The fraction of sp³-hybridized carbons (Fsp3) is 0.609. The van der Waals surface area contributed by atoms with Gasteiger partial charge in [-0.05, 0) is 125 Å². The summed E-state index contributed by atoms with van der Waals surface area (Å²) in [6, 6.07) is 4.44. The molecule has 7 nitrogen and oxygen atoms in total. The fourth-order valence-corrected chi connectivity index (χ4v) is 4.32. The van der Waals surface area contributed by atoms with E-state index in [4.69, 9.17) is 14.2 Å². The Morgan fingerprint density at radius 2 is 1.25 bits per heavy atom. The minimum Gasteiger partial charge on any atom is -0.458 e. The van der Waals surface area contributed by atoms with Gasteiger partial charge in [-0.25, -0.2) is 14.4 Å². The highest BCUT2D eigenvalue weighted by Gasteiger charge is 2.42. The van der Waals surface area contributed by atoms with Crippen molar-refractivity contribution in [3.8, 4) is 0 Å². The smallest absolute Gasteiger partial charge is 0.420 e. The topological polar surface area (TPSA) is 82.1 Å². The van der Waals surface area contributed by atoms with Gasteiger partial charge in [0.15, 0.2) is 0 Å². The van der Waals surface area contributed by atoms with E-state index in [0.29, 0.717) is 0 Å². The normalized spacial score (nSPS) is 13.2. The number of amides is 2. The predicted octanol–water partition coefficient (Wildman–Crippen LogP) is 6.32. The van der Waals surface area contributed by atoms with Crippen LogP contribution in [-0.4, -0.2) is 45.9 Å². The second-order valence-corrected chi connectivity index (χ2v) is 12.7. The summed E-state index contributed by atoms with van der Waals surface area (Å²) in [4.78, 5) is 40.2. The highest BCUT2D eigenvalue weighted by molar-refractivity contribution is 14.1. The molecule has 0 aliphatic heterocycles. The predicted molar refractivity (Wildman–Crippen MR) is 140 cm³/mol. The minimum atomic E-state index is -1.27. The molecule has 0 N–H and O–H groups in total. The molecule has 1 atom stereocenters. The lowest BCUT2D eigenvalue weighted by Crippen LogP contribution is -2.54. The maximum absolute atomic E-state index is 13.2. The molecule has 1 aromatic carbocycles. The van der Waals surface area contributed by atoms with Gasteiger partial charge in [-0.2, -0.15) is 4.90 Å². The van der Waals surface area contributed by atoms with Crippen LogP contribution >= 0.6 is 45.2 Å². The third-order valence-electron chi connectivity index (χ3n) is 3.60. The van der Waals surface area contributed by atoms with Crippen molar-refractivity contribution in [3.05, 3.63) is 30.9 Å². The zero-order valence-electron chi connectivity index (χ0n) is 20.2. The van der Waals surface area contributed by atoms with Crippen molar-refractivity contribution >= 4 is 63.3 Å². The average molecular weight is 673 g/mol. The van der Waals surface area contributed by atoms with Crippen LogP contribution in [-0.2, 0) is 25.4 Å². The molecule has 180 valence electrons. The van der Waals surface area contributed by atoms with E-state index < -0.39 is 41.0 Å². The van der Waals surface area contributed by atoms with Gasteiger partial charge in [0.1, 0.15) is 22.8 Å². The van der Waals surface area contributed by atoms with Crippen LogP contribution in [0.3, 0.4) is 0 Å². The molecule has 9 heteroatoms. The lowest BCUT2D eigenvalue weighted by Gasteiger charge is -2.34. The van der Waals surface area contributed by atoms with Crippen molar-refractivity contribution in [2.45, 2.75) is 91.6 Å². The number of esters is 1. The van der Waals surface area contributed by atoms with Crippen molar-refractivity contribution < 1.29 is 28.6 Å². The molecule has 0 radical (unpaired) electrons. The molecular formula is C23H33I2NO6. The molecule has 1 unspecified atom stereocenters. The molecule has 1 rings (SSSR count). The summed E-state index contributed by atoms with van der Waals surface area (Å²) in [7, 11) is 0. The number of hydrogen-bond donors (Lipinski definition) is 0. The van der Waals surface area contributed by atoms with Crippen LogP contribution in [0.25, 0.3) is 0 Å². The summed E-state index contributed by atoms with van der Waals surface area (Å²) in [5, 5.41) is 0. The van der Waals surface area contributed by atoms with Crippen molar-refractivity contribution in [2.24, 2.45) is 0 Å². The van der Waals surface area contributed by atoms with Gasteiger partial charge in [-0.3, -0.25) is 0 Å². The van der Waals surface area contributed by atoms with Gasteiger partial charge < -0.3 is 14.2 Å². The van der Waals surface area contributed by atoms with E-state index in [1.807, 2.05) is 18.2 Å². The average Bonchev–Trinajstić information content (AvgIpc) is 2.51. The lowest BCUT2D eigenvalue weighted by molar-refractivity contribution is -0.161. The third-order valence-corrected chi connectivity index (χ3v) is 5.27. The first kappa shape index (κ1) is 28.9. The summed E-state index contributed by atoms with van der Waals surface area (Å²) in [5.41, 5.74) is -1.79. The quantitative estimate of drug-likeness (QED) is 0.212. The SMILES string of the molecule is CC(C)(C)OC(=O)C(Cc1ccc(I)cc1I)N(C(=O)OC(C)(C)C)C(=O)OC(C)(C)C. The lowest BCUT2D eigenvalue weighted by atomic mass is 10.0. The zero-order valence-corrected chi connectivity index (χ0v) is 24.5. The summed E-state index contributed by atoms with van der Waals surface area (Å²) in [6.45, 7) is 15.3. The van der Waals surface area contributed by atoms with Crippen LogP contribution in [0.5, 0.6) is 0 Å². The Hall–Kier alpha value is -1.11. The van der Waals surface area contributed by atoms with Gasteiger partial charge >= 0.3 is 18.2 Å². The first-order chi connectivity index (χ1) is 14.3. The van der Waals surface area contributed by atoms with E-state index in [1.165, 1.54) is 0 Å². The minimum absolute atomic E-state index is 0.0581. The number of halogens is 2. The van der Waals surface area contributed by atoms with Gasteiger partial charge in [0.05, 0.1) is 0 Å². The largest absolute Gasteiger partial charge is 0.458 e. The Bertz CT molecular complexity index is 822. The summed E-state index contributed by atoms with van der Waals surface area (Å²) >= 11 is 4.36. The number of imide groups is 1. The van der Waals surface area contributed by atoms with Crippen molar-refractivity contribution in [3.63, 3.8) is 0 Å². The van der Waals surface area contributed by atoms with E-state index in [1.54, 1.807) is 62.3 Å². The molecule has 2 amide bonds. The Morgan fingerprint density at radius 3 is 1.62 bits per heavy atom. The van der Waals surface area contributed by atoms with E-state index in [-0.39, 0.29) is 6.42 Å². The van der Waals surface area contributed by atoms with Gasteiger partial charge in [0.25, 0.3) is 0 Å². The Labute approximate surface area is 218 Å². The van der Waals surface area contributed by atoms with Gasteiger partial charge in [-0.15, -0.1) is 0 Å². The van der Waals surface area contributed by atoms with Crippen LogP contribution in [0.2, 0.25) is 0 Å². The zero-order chi connectivity index (χ0) is 25.1. The van der Waals surface area contributed by atoms with Crippen LogP contribution < -0.4 is 0 Å². The molecule has 32 heavy (non-hydrogen) atoms. The van der Waals surface area contributed by atoms with E-state index >= 15 is 0 Å². The van der Waals surface area contributed by atoms with Gasteiger partial charge in [0.2, 0.25) is 0 Å². The number of nitrogens with zero attached hydrogens (tertiary/aromatic N) is 1. The van der Waals surface area contributed by atoms with E-state index in [2.05, 4.69) is 45.2 Å². The Morgan fingerprint density at radius 1 is 0.812 bits per heavy atom.